The lowest BCUT2D eigenvalue weighted by Crippen LogP contribution is -2.36. The van der Waals surface area contributed by atoms with Crippen molar-refractivity contribution in [1.82, 2.24) is 5.32 Å². The Bertz CT molecular complexity index is 394. The van der Waals surface area contributed by atoms with Crippen molar-refractivity contribution in [2.24, 2.45) is 0 Å². The lowest BCUT2D eigenvalue weighted by atomic mass is 10.0. The molecule has 0 aliphatic heterocycles. The molecule has 1 aromatic carbocycles. The first kappa shape index (κ1) is 14.0. The highest BCUT2D eigenvalue weighted by Crippen LogP contribution is 2.14. The number of hydrogen-bond donors (Lipinski definition) is 2. The molecular weight excluding hydrogens is 231 g/mol. The Balaban J connectivity index is 2.61. The van der Waals surface area contributed by atoms with E-state index in [-0.39, 0.29) is 18.7 Å². The molecule has 1 unspecified atom stereocenters. The second kappa shape index (κ2) is 5.51. The largest absolute Gasteiger partial charge is 0.389 e. The summed E-state index contributed by atoms with van der Waals surface area (Å²) in [6, 6.07) is 1.34. The molecule has 0 aliphatic rings. The van der Waals surface area contributed by atoms with Gasteiger partial charge in [-0.3, -0.25) is 0 Å². The van der Waals surface area contributed by atoms with E-state index in [1.54, 1.807) is 6.92 Å². The van der Waals surface area contributed by atoms with Crippen molar-refractivity contribution in [3.63, 3.8) is 0 Å². The van der Waals surface area contributed by atoms with Gasteiger partial charge in [0.1, 0.15) is 5.82 Å². The average Bonchev–Trinajstić information content (AvgIpc) is 2.25. The van der Waals surface area contributed by atoms with E-state index in [9.17, 15) is 18.3 Å². The van der Waals surface area contributed by atoms with Gasteiger partial charge in [0.25, 0.3) is 0 Å². The van der Waals surface area contributed by atoms with Gasteiger partial charge < -0.3 is 10.4 Å². The second-order valence-corrected chi connectivity index (χ2v) is 4.31. The van der Waals surface area contributed by atoms with E-state index in [0.29, 0.717) is 12.5 Å². The Hall–Kier alpha value is -1.07. The van der Waals surface area contributed by atoms with E-state index in [4.69, 9.17) is 0 Å². The lowest BCUT2D eigenvalue weighted by Gasteiger charge is -2.21. The number of halogens is 3. The molecular formula is C12H16F3NO. The molecule has 0 heterocycles. The first-order chi connectivity index (χ1) is 7.85. The summed E-state index contributed by atoms with van der Waals surface area (Å²) < 4.78 is 38.7. The minimum atomic E-state index is -1.20. The van der Waals surface area contributed by atoms with E-state index in [0.717, 1.165) is 6.07 Å². The van der Waals surface area contributed by atoms with Crippen molar-refractivity contribution >= 4 is 0 Å². The van der Waals surface area contributed by atoms with Gasteiger partial charge in [-0.15, -0.1) is 0 Å². The van der Waals surface area contributed by atoms with Crippen LogP contribution in [0.3, 0.4) is 0 Å². The second-order valence-electron chi connectivity index (χ2n) is 4.31. The lowest BCUT2D eigenvalue weighted by molar-refractivity contribution is 0.0555. The molecule has 1 rings (SSSR count). The summed E-state index contributed by atoms with van der Waals surface area (Å²) in [5.74, 6) is -3.08. The maximum Gasteiger partial charge on any atom is 0.161 e. The maximum absolute atomic E-state index is 13.2. The fourth-order valence-electron chi connectivity index (χ4n) is 1.29. The van der Waals surface area contributed by atoms with Crippen LogP contribution in [-0.4, -0.2) is 17.3 Å². The van der Waals surface area contributed by atoms with Crippen molar-refractivity contribution in [3.8, 4) is 0 Å². The molecule has 2 nitrogen and oxygen atoms in total. The van der Waals surface area contributed by atoms with E-state index < -0.39 is 23.1 Å². The van der Waals surface area contributed by atoms with E-state index in [1.807, 2.05) is 6.92 Å². The summed E-state index contributed by atoms with van der Waals surface area (Å²) in [6.45, 7) is 3.75. The Labute approximate surface area is 98.5 Å². The standard InChI is InChI=1S/C12H16F3NO/c1-3-12(2,17)7-16-6-8-4-10(14)11(15)5-9(8)13/h4-5,16-17H,3,6-7H2,1-2H3. The molecule has 0 aliphatic carbocycles. The van der Waals surface area contributed by atoms with Crippen molar-refractivity contribution in [3.05, 3.63) is 35.1 Å². The summed E-state index contributed by atoms with van der Waals surface area (Å²) >= 11 is 0. The number of aliphatic hydroxyl groups is 1. The Morgan fingerprint density at radius 1 is 1.18 bits per heavy atom. The highest BCUT2D eigenvalue weighted by molar-refractivity contribution is 5.19. The van der Waals surface area contributed by atoms with Gasteiger partial charge in [0.05, 0.1) is 5.60 Å². The van der Waals surface area contributed by atoms with Gasteiger partial charge in [0.2, 0.25) is 0 Å². The molecule has 96 valence electrons. The fraction of sp³-hybridized carbons (Fsp3) is 0.500. The Morgan fingerprint density at radius 3 is 2.35 bits per heavy atom. The van der Waals surface area contributed by atoms with Gasteiger partial charge in [0, 0.05) is 24.7 Å². The van der Waals surface area contributed by atoms with Crippen LogP contribution in [0.25, 0.3) is 0 Å². The molecule has 1 aromatic rings. The van der Waals surface area contributed by atoms with E-state index in [2.05, 4.69) is 5.32 Å². The highest BCUT2D eigenvalue weighted by atomic mass is 19.2. The molecule has 2 N–H and O–H groups in total. The van der Waals surface area contributed by atoms with Crippen molar-refractivity contribution in [2.45, 2.75) is 32.4 Å². The predicted molar refractivity (Wildman–Crippen MR) is 58.9 cm³/mol. The van der Waals surface area contributed by atoms with Crippen molar-refractivity contribution in [2.75, 3.05) is 6.54 Å². The molecule has 0 spiro atoms. The van der Waals surface area contributed by atoms with Gasteiger partial charge >= 0.3 is 0 Å². The molecule has 1 atom stereocenters. The molecule has 0 saturated carbocycles. The quantitative estimate of drug-likeness (QED) is 0.783. The topological polar surface area (TPSA) is 32.3 Å². The zero-order valence-corrected chi connectivity index (χ0v) is 9.86. The van der Waals surface area contributed by atoms with Crippen LogP contribution < -0.4 is 5.32 Å². The average molecular weight is 247 g/mol. The predicted octanol–water partition coefficient (Wildman–Crippen LogP) is 2.35. The molecule has 17 heavy (non-hydrogen) atoms. The Kier molecular flexibility index (Phi) is 4.54. The van der Waals surface area contributed by atoms with Gasteiger partial charge in [0.15, 0.2) is 11.6 Å². The third-order valence-corrected chi connectivity index (χ3v) is 2.67. The van der Waals surface area contributed by atoms with Crippen molar-refractivity contribution in [1.29, 1.82) is 0 Å². The summed E-state index contributed by atoms with van der Waals surface area (Å²) in [7, 11) is 0. The highest BCUT2D eigenvalue weighted by Gasteiger charge is 2.17. The van der Waals surface area contributed by atoms with Crippen LogP contribution in [-0.2, 0) is 6.54 Å². The van der Waals surface area contributed by atoms with Crippen LogP contribution in [0.1, 0.15) is 25.8 Å². The summed E-state index contributed by atoms with van der Waals surface area (Å²) in [6.07, 6.45) is 0.542. The number of hydrogen-bond acceptors (Lipinski definition) is 2. The Morgan fingerprint density at radius 2 is 1.76 bits per heavy atom. The van der Waals surface area contributed by atoms with Crippen LogP contribution in [0.15, 0.2) is 12.1 Å². The molecule has 0 fully saturated rings. The summed E-state index contributed by atoms with van der Waals surface area (Å²) in [5.41, 5.74) is -0.856. The minimum absolute atomic E-state index is 0.0378. The number of benzene rings is 1. The normalized spacial score (nSPS) is 14.7. The fourth-order valence-corrected chi connectivity index (χ4v) is 1.29. The van der Waals surface area contributed by atoms with Crippen LogP contribution in [0.2, 0.25) is 0 Å². The summed E-state index contributed by atoms with van der Waals surface area (Å²) in [5, 5.41) is 12.5. The van der Waals surface area contributed by atoms with Crippen LogP contribution >= 0.6 is 0 Å². The van der Waals surface area contributed by atoms with Gasteiger partial charge in [-0.25, -0.2) is 13.2 Å². The third kappa shape index (κ3) is 4.02. The number of nitrogens with one attached hydrogen (secondary N) is 1. The van der Waals surface area contributed by atoms with Crippen LogP contribution in [0, 0.1) is 17.5 Å². The molecule has 0 aromatic heterocycles. The molecule has 0 amide bonds. The number of rotatable bonds is 5. The smallest absolute Gasteiger partial charge is 0.161 e. The third-order valence-electron chi connectivity index (χ3n) is 2.67. The molecule has 0 saturated heterocycles. The zero-order valence-electron chi connectivity index (χ0n) is 9.86. The molecule has 5 heteroatoms. The SMILES string of the molecule is CCC(C)(O)CNCc1cc(F)c(F)cc1F. The minimum Gasteiger partial charge on any atom is -0.389 e. The van der Waals surface area contributed by atoms with Crippen molar-refractivity contribution < 1.29 is 18.3 Å². The molecule has 0 bridgehead atoms. The first-order valence-electron chi connectivity index (χ1n) is 5.42. The van der Waals surface area contributed by atoms with Gasteiger partial charge in [-0.05, 0) is 19.4 Å². The van der Waals surface area contributed by atoms with Crippen LogP contribution in [0.4, 0.5) is 13.2 Å². The van der Waals surface area contributed by atoms with Crippen LogP contribution in [0.5, 0.6) is 0 Å². The van der Waals surface area contributed by atoms with E-state index in [1.165, 1.54) is 0 Å². The monoisotopic (exact) mass is 247 g/mol. The first-order valence-corrected chi connectivity index (χ1v) is 5.42. The van der Waals surface area contributed by atoms with Gasteiger partial charge in [-0.2, -0.15) is 0 Å². The summed E-state index contributed by atoms with van der Waals surface area (Å²) in [4.78, 5) is 0. The molecule has 0 radical (unpaired) electrons. The van der Waals surface area contributed by atoms with Gasteiger partial charge in [-0.1, -0.05) is 6.92 Å². The maximum atomic E-state index is 13.2. The zero-order chi connectivity index (χ0) is 13.1. The van der Waals surface area contributed by atoms with E-state index >= 15 is 0 Å².